The zero-order chi connectivity index (χ0) is 18.8. The molecule has 27 heavy (non-hydrogen) atoms. The van der Waals surface area contributed by atoms with E-state index in [1.54, 1.807) is 42.5 Å². The molecule has 140 valence electrons. The van der Waals surface area contributed by atoms with E-state index in [9.17, 15) is 14.7 Å². The third-order valence-corrected chi connectivity index (χ3v) is 4.32. The van der Waals surface area contributed by atoms with Gasteiger partial charge in [0.2, 0.25) is 5.91 Å². The molecule has 0 aliphatic carbocycles. The van der Waals surface area contributed by atoms with Gasteiger partial charge in [0.05, 0.1) is 11.6 Å². The van der Waals surface area contributed by atoms with Gasteiger partial charge in [0, 0.05) is 6.54 Å². The number of hydrogen-bond acceptors (Lipinski definition) is 6. The van der Waals surface area contributed by atoms with Crippen molar-refractivity contribution < 1.29 is 23.8 Å². The highest BCUT2D eigenvalue weighted by Crippen LogP contribution is 2.32. The van der Waals surface area contributed by atoms with Crippen molar-refractivity contribution in [2.45, 2.75) is 12.6 Å². The van der Waals surface area contributed by atoms with Gasteiger partial charge in [-0.2, -0.15) is 0 Å². The van der Waals surface area contributed by atoms with Gasteiger partial charge in [-0.1, -0.05) is 18.2 Å². The van der Waals surface area contributed by atoms with Crippen LogP contribution < -0.4 is 20.5 Å². The molecular formula is C19H18N2O6. The van der Waals surface area contributed by atoms with Gasteiger partial charge in [0.25, 0.3) is 0 Å². The number of hydrogen-bond donors (Lipinski definition) is 2. The Balaban J connectivity index is 1.40. The number of aliphatic hydroxyl groups excluding tert-OH is 1. The lowest BCUT2D eigenvalue weighted by Gasteiger charge is -2.20. The standard InChI is InChI=1S/C19H18N2O6/c22-14(12-5-6-16-17(9-12)26-8-7-25-16)10-20-18(23)11-21-13-3-1-2-4-15(13)27-19(21)24/h1-6,9,14,22H,7-8,10-11H2,(H,20,23)/t14-/m1/s1. The molecule has 1 aromatic heterocycles. The summed E-state index contributed by atoms with van der Waals surface area (Å²) in [5, 5.41) is 13.0. The van der Waals surface area contributed by atoms with Gasteiger partial charge in [0.1, 0.15) is 19.8 Å². The highest BCUT2D eigenvalue weighted by Gasteiger charge is 2.17. The summed E-state index contributed by atoms with van der Waals surface area (Å²) in [4.78, 5) is 24.1. The maximum absolute atomic E-state index is 12.2. The monoisotopic (exact) mass is 370 g/mol. The number of para-hydroxylation sites is 2. The second-order valence-electron chi connectivity index (χ2n) is 6.14. The van der Waals surface area contributed by atoms with Crippen molar-refractivity contribution in [2.75, 3.05) is 19.8 Å². The van der Waals surface area contributed by atoms with Crippen molar-refractivity contribution in [1.82, 2.24) is 9.88 Å². The van der Waals surface area contributed by atoms with Crippen LogP contribution in [0.2, 0.25) is 0 Å². The smallest absolute Gasteiger partial charge is 0.420 e. The van der Waals surface area contributed by atoms with E-state index in [-0.39, 0.29) is 13.1 Å². The Morgan fingerprint density at radius 3 is 2.78 bits per heavy atom. The lowest BCUT2D eigenvalue weighted by atomic mass is 10.1. The van der Waals surface area contributed by atoms with E-state index in [1.165, 1.54) is 4.57 Å². The lowest BCUT2D eigenvalue weighted by Crippen LogP contribution is -2.33. The molecule has 1 aliphatic heterocycles. The number of fused-ring (bicyclic) bond motifs is 2. The van der Waals surface area contributed by atoms with Crippen LogP contribution in [-0.4, -0.2) is 35.3 Å². The number of benzene rings is 2. The second kappa shape index (κ2) is 7.16. The number of ether oxygens (including phenoxy) is 2. The molecule has 0 spiro atoms. The molecule has 0 saturated heterocycles. The van der Waals surface area contributed by atoms with E-state index < -0.39 is 17.8 Å². The Morgan fingerprint density at radius 1 is 1.15 bits per heavy atom. The minimum atomic E-state index is -0.914. The van der Waals surface area contributed by atoms with Crippen LogP contribution in [-0.2, 0) is 11.3 Å². The predicted octanol–water partition coefficient (Wildman–Crippen LogP) is 1.22. The van der Waals surface area contributed by atoms with Gasteiger partial charge in [-0.15, -0.1) is 0 Å². The number of nitrogens with one attached hydrogen (secondary N) is 1. The second-order valence-corrected chi connectivity index (χ2v) is 6.14. The van der Waals surface area contributed by atoms with Crippen molar-refractivity contribution in [2.24, 2.45) is 0 Å². The first-order valence-corrected chi connectivity index (χ1v) is 8.54. The Labute approximate surface area is 153 Å². The number of oxazole rings is 1. The Kier molecular flexibility index (Phi) is 4.55. The molecule has 0 fully saturated rings. The van der Waals surface area contributed by atoms with Gasteiger partial charge in [-0.3, -0.25) is 9.36 Å². The molecule has 2 heterocycles. The number of rotatable bonds is 5. The molecule has 0 bridgehead atoms. The molecule has 1 aliphatic rings. The third kappa shape index (κ3) is 3.52. The zero-order valence-electron chi connectivity index (χ0n) is 14.4. The van der Waals surface area contributed by atoms with Crippen molar-refractivity contribution in [3.05, 3.63) is 58.6 Å². The molecule has 8 nitrogen and oxygen atoms in total. The van der Waals surface area contributed by atoms with Gasteiger partial charge < -0.3 is 24.3 Å². The molecule has 2 N–H and O–H groups in total. The molecule has 0 radical (unpaired) electrons. The molecule has 0 saturated carbocycles. The van der Waals surface area contributed by atoms with Crippen LogP contribution in [0.25, 0.3) is 11.1 Å². The number of nitrogens with zero attached hydrogens (tertiary/aromatic N) is 1. The summed E-state index contributed by atoms with van der Waals surface area (Å²) >= 11 is 0. The Bertz CT molecular complexity index is 1040. The Morgan fingerprint density at radius 2 is 1.93 bits per heavy atom. The van der Waals surface area contributed by atoms with E-state index in [2.05, 4.69) is 5.32 Å². The van der Waals surface area contributed by atoms with Crippen LogP contribution in [0.1, 0.15) is 11.7 Å². The summed E-state index contributed by atoms with van der Waals surface area (Å²) in [6, 6.07) is 12.0. The van der Waals surface area contributed by atoms with E-state index in [4.69, 9.17) is 13.9 Å². The summed E-state index contributed by atoms with van der Waals surface area (Å²) < 4.78 is 17.3. The maximum Gasteiger partial charge on any atom is 0.420 e. The van der Waals surface area contributed by atoms with Crippen molar-refractivity contribution in [3.63, 3.8) is 0 Å². The normalized spacial score (nSPS) is 14.1. The molecule has 4 rings (SSSR count). The SMILES string of the molecule is O=C(Cn1c(=O)oc2ccccc21)NC[C@@H](O)c1ccc2c(c1)OCCO2. The minimum absolute atomic E-state index is 0.00299. The first kappa shape index (κ1) is 17.2. The van der Waals surface area contributed by atoms with Crippen LogP contribution in [0.5, 0.6) is 11.5 Å². The van der Waals surface area contributed by atoms with E-state index in [0.717, 1.165) is 0 Å². The molecule has 1 atom stereocenters. The fourth-order valence-electron chi connectivity index (χ4n) is 2.96. The maximum atomic E-state index is 12.2. The number of amides is 1. The molecule has 0 unspecified atom stereocenters. The van der Waals surface area contributed by atoms with Gasteiger partial charge in [-0.05, 0) is 29.8 Å². The highest BCUT2D eigenvalue weighted by molar-refractivity contribution is 5.79. The van der Waals surface area contributed by atoms with E-state index >= 15 is 0 Å². The van der Waals surface area contributed by atoms with Gasteiger partial charge in [-0.25, -0.2) is 4.79 Å². The van der Waals surface area contributed by atoms with Crippen LogP contribution in [0, 0.1) is 0 Å². The number of carbonyl (C=O) groups is 1. The minimum Gasteiger partial charge on any atom is -0.486 e. The van der Waals surface area contributed by atoms with Crippen LogP contribution in [0.3, 0.4) is 0 Å². The van der Waals surface area contributed by atoms with Crippen molar-refractivity contribution in [1.29, 1.82) is 0 Å². The van der Waals surface area contributed by atoms with Gasteiger partial charge in [0.15, 0.2) is 17.1 Å². The molecule has 3 aromatic rings. The molecule has 2 aromatic carbocycles. The zero-order valence-corrected chi connectivity index (χ0v) is 14.4. The highest BCUT2D eigenvalue weighted by atomic mass is 16.6. The number of aromatic nitrogens is 1. The van der Waals surface area contributed by atoms with Gasteiger partial charge >= 0.3 is 5.76 Å². The summed E-state index contributed by atoms with van der Waals surface area (Å²) in [7, 11) is 0. The fraction of sp³-hybridized carbons (Fsp3) is 0.263. The van der Waals surface area contributed by atoms with Crippen LogP contribution in [0.15, 0.2) is 51.7 Å². The predicted molar refractivity (Wildman–Crippen MR) is 95.9 cm³/mol. The van der Waals surface area contributed by atoms with Crippen molar-refractivity contribution >= 4 is 17.0 Å². The third-order valence-electron chi connectivity index (χ3n) is 4.32. The summed E-state index contributed by atoms with van der Waals surface area (Å²) in [6.07, 6.45) is -0.914. The first-order chi connectivity index (χ1) is 13.1. The van der Waals surface area contributed by atoms with Crippen LogP contribution >= 0.6 is 0 Å². The molecule has 1 amide bonds. The average molecular weight is 370 g/mol. The average Bonchev–Trinajstić information content (AvgIpc) is 3.01. The quantitative estimate of drug-likeness (QED) is 0.700. The first-order valence-electron chi connectivity index (χ1n) is 8.54. The largest absolute Gasteiger partial charge is 0.486 e. The van der Waals surface area contributed by atoms with E-state index in [1.807, 2.05) is 0 Å². The van der Waals surface area contributed by atoms with Crippen molar-refractivity contribution in [3.8, 4) is 11.5 Å². The summed E-state index contributed by atoms with van der Waals surface area (Å²) in [6.45, 7) is 0.760. The molecular weight excluding hydrogens is 352 g/mol. The topological polar surface area (TPSA) is 103 Å². The van der Waals surface area contributed by atoms with Crippen LogP contribution in [0.4, 0.5) is 0 Å². The molecule has 8 heteroatoms. The lowest BCUT2D eigenvalue weighted by molar-refractivity contribution is -0.122. The Hall–Kier alpha value is -3.26. The fourth-order valence-corrected chi connectivity index (χ4v) is 2.96. The summed E-state index contributed by atoms with van der Waals surface area (Å²) in [5.74, 6) is 0.201. The summed E-state index contributed by atoms with van der Waals surface area (Å²) in [5.41, 5.74) is 1.57. The number of aliphatic hydroxyl groups is 1. The number of carbonyl (C=O) groups excluding carboxylic acids is 1. The van der Waals surface area contributed by atoms with E-state index in [0.29, 0.717) is 41.4 Å².